The van der Waals surface area contributed by atoms with E-state index in [2.05, 4.69) is 31.2 Å². The highest BCUT2D eigenvalue weighted by Gasteiger charge is 2.38. The predicted molar refractivity (Wildman–Crippen MR) is 82.7 cm³/mol. The number of ether oxygens (including phenoxy) is 3. The molecule has 3 nitrogen and oxygen atoms in total. The summed E-state index contributed by atoms with van der Waals surface area (Å²) >= 11 is 0. The minimum absolute atomic E-state index is 0.00824. The zero-order valence-electron chi connectivity index (χ0n) is 13.5. The van der Waals surface area contributed by atoms with Gasteiger partial charge in [0.05, 0.1) is 26.4 Å². The Labute approximate surface area is 124 Å². The summed E-state index contributed by atoms with van der Waals surface area (Å²) < 4.78 is 17.3. The molecule has 0 aromatic carbocycles. The van der Waals surface area contributed by atoms with Crippen molar-refractivity contribution in [2.24, 2.45) is 5.41 Å². The molecule has 1 heterocycles. The highest BCUT2D eigenvalue weighted by atomic mass is 16.7. The molecule has 0 saturated carbocycles. The first-order valence-electron chi connectivity index (χ1n) is 7.65. The van der Waals surface area contributed by atoms with Crippen LogP contribution in [0, 0.1) is 5.41 Å². The zero-order chi connectivity index (χ0) is 14.9. The van der Waals surface area contributed by atoms with Crippen molar-refractivity contribution in [3.05, 3.63) is 24.3 Å². The summed E-state index contributed by atoms with van der Waals surface area (Å²) in [6.07, 6.45) is 11.7. The fourth-order valence-corrected chi connectivity index (χ4v) is 2.02. The lowest BCUT2D eigenvalue weighted by molar-refractivity contribution is -0.292. The van der Waals surface area contributed by atoms with Gasteiger partial charge in [-0.25, -0.2) is 0 Å². The molecule has 0 bridgehead atoms. The largest absolute Gasteiger partial charge is 0.377 e. The maximum atomic E-state index is 5.78. The SMILES string of the molecule is C/C=C/CC/C=C/COCC1(CC)COC(C)(C)OC1. The van der Waals surface area contributed by atoms with Crippen molar-refractivity contribution in [3.63, 3.8) is 0 Å². The smallest absolute Gasteiger partial charge is 0.162 e. The molecule has 0 spiro atoms. The van der Waals surface area contributed by atoms with E-state index >= 15 is 0 Å². The maximum absolute atomic E-state index is 5.78. The molecule has 1 saturated heterocycles. The lowest BCUT2D eigenvalue weighted by Crippen LogP contribution is -2.48. The second-order valence-electron chi connectivity index (χ2n) is 5.96. The molecule has 0 unspecified atom stereocenters. The van der Waals surface area contributed by atoms with Crippen LogP contribution in [0.5, 0.6) is 0 Å². The second kappa shape index (κ2) is 8.60. The molecule has 20 heavy (non-hydrogen) atoms. The van der Waals surface area contributed by atoms with E-state index in [1.54, 1.807) is 0 Å². The Morgan fingerprint density at radius 3 is 2.30 bits per heavy atom. The van der Waals surface area contributed by atoms with Crippen LogP contribution in [0.2, 0.25) is 0 Å². The first kappa shape index (κ1) is 17.4. The van der Waals surface area contributed by atoms with Gasteiger partial charge in [0.15, 0.2) is 5.79 Å². The van der Waals surface area contributed by atoms with E-state index in [0.29, 0.717) is 26.4 Å². The van der Waals surface area contributed by atoms with Gasteiger partial charge in [0.1, 0.15) is 0 Å². The van der Waals surface area contributed by atoms with E-state index in [0.717, 1.165) is 19.3 Å². The molecule has 0 radical (unpaired) electrons. The van der Waals surface area contributed by atoms with Gasteiger partial charge in [-0.15, -0.1) is 0 Å². The Balaban J connectivity index is 2.22. The van der Waals surface area contributed by atoms with Gasteiger partial charge in [-0.1, -0.05) is 31.2 Å². The quantitative estimate of drug-likeness (QED) is 0.495. The predicted octanol–water partition coefficient (Wildman–Crippen LogP) is 4.09. The standard InChI is InChI=1S/C17H30O3/c1-5-7-8-9-10-11-12-18-13-17(6-2)14-19-16(3,4)20-15-17/h5,7,10-11H,6,8-9,12-15H2,1-4H3/b7-5+,11-10+. The number of hydrogen-bond acceptors (Lipinski definition) is 3. The molecule has 0 atom stereocenters. The van der Waals surface area contributed by atoms with Gasteiger partial charge in [0.2, 0.25) is 0 Å². The van der Waals surface area contributed by atoms with Crippen LogP contribution < -0.4 is 0 Å². The molecule has 1 aliphatic rings. The van der Waals surface area contributed by atoms with Gasteiger partial charge in [0.25, 0.3) is 0 Å². The molecule has 3 heteroatoms. The van der Waals surface area contributed by atoms with Crippen molar-refractivity contribution in [2.75, 3.05) is 26.4 Å². The van der Waals surface area contributed by atoms with Crippen LogP contribution in [-0.4, -0.2) is 32.2 Å². The molecule has 116 valence electrons. The third-order valence-electron chi connectivity index (χ3n) is 3.73. The Morgan fingerprint density at radius 1 is 1.05 bits per heavy atom. The summed E-state index contributed by atoms with van der Waals surface area (Å²) in [5.74, 6) is -0.453. The van der Waals surface area contributed by atoms with Gasteiger partial charge in [-0.3, -0.25) is 0 Å². The van der Waals surface area contributed by atoms with Crippen molar-refractivity contribution >= 4 is 0 Å². The molecule has 0 N–H and O–H groups in total. The lowest BCUT2D eigenvalue weighted by Gasteiger charge is -2.42. The van der Waals surface area contributed by atoms with Crippen molar-refractivity contribution in [1.82, 2.24) is 0 Å². The minimum Gasteiger partial charge on any atom is -0.377 e. The van der Waals surface area contributed by atoms with Gasteiger partial charge < -0.3 is 14.2 Å². The molecule has 1 fully saturated rings. The van der Waals surface area contributed by atoms with Crippen LogP contribution in [0.15, 0.2) is 24.3 Å². The van der Waals surface area contributed by atoms with Crippen molar-refractivity contribution < 1.29 is 14.2 Å². The fraction of sp³-hybridized carbons (Fsp3) is 0.765. The third-order valence-corrected chi connectivity index (χ3v) is 3.73. The van der Waals surface area contributed by atoms with Crippen LogP contribution in [0.25, 0.3) is 0 Å². The average molecular weight is 282 g/mol. The van der Waals surface area contributed by atoms with E-state index in [-0.39, 0.29) is 5.41 Å². The Morgan fingerprint density at radius 2 is 1.70 bits per heavy atom. The minimum atomic E-state index is -0.453. The maximum Gasteiger partial charge on any atom is 0.162 e. The summed E-state index contributed by atoms with van der Waals surface area (Å²) in [6.45, 7) is 10.9. The van der Waals surface area contributed by atoms with Crippen molar-refractivity contribution in [2.45, 2.75) is 52.7 Å². The summed E-state index contributed by atoms with van der Waals surface area (Å²) in [6, 6.07) is 0. The molecule has 1 aliphatic heterocycles. The lowest BCUT2D eigenvalue weighted by atomic mass is 9.87. The van der Waals surface area contributed by atoms with Gasteiger partial charge in [0, 0.05) is 5.41 Å². The average Bonchev–Trinajstić information content (AvgIpc) is 2.44. The van der Waals surface area contributed by atoms with E-state index in [9.17, 15) is 0 Å². The Kier molecular flexibility index (Phi) is 7.49. The van der Waals surface area contributed by atoms with Crippen LogP contribution >= 0.6 is 0 Å². The van der Waals surface area contributed by atoms with Crippen LogP contribution in [0.4, 0.5) is 0 Å². The molecular weight excluding hydrogens is 252 g/mol. The highest BCUT2D eigenvalue weighted by molar-refractivity contribution is 4.87. The number of hydrogen-bond donors (Lipinski definition) is 0. The number of unbranched alkanes of at least 4 members (excludes halogenated alkanes) is 1. The first-order valence-corrected chi connectivity index (χ1v) is 7.65. The van der Waals surface area contributed by atoms with Crippen molar-refractivity contribution in [3.8, 4) is 0 Å². The van der Waals surface area contributed by atoms with Crippen LogP contribution in [0.3, 0.4) is 0 Å². The molecule has 0 amide bonds. The third kappa shape index (κ3) is 6.21. The summed E-state index contributed by atoms with van der Waals surface area (Å²) in [5, 5.41) is 0. The molecule has 0 aliphatic carbocycles. The topological polar surface area (TPSA) is 27.7 Å². The number of allylic oxidation sites excluding steroid dienone is 3. The fourth-order valence-electron chi connectivity index (χ4n) is 2.02. The van der Waals surface area contributed by atoms with Gasteiger partial charge in [-0.2, -0.15) is 0 Å². The summed E-state index contributed by atoms with van der Waals surface area (Å²) in [5.41, 5.74) is 0.00824. The van der Waals surface area contributed by atoms with E-state index in [1.165, 1.54) is 0 Å². The Bertz CT molecular complexity index is 308. The molecule has 0 aromatic heterocycles. The van der Waals surface area contributed by atoms with Gasteiger partial charge >= 0.3 is 0 Å². The first-order chi connectivity index (χ1) is 9.54. The highest BCUT2D eigenvalue weighted by Crippen LogP contribution is 2.32. The van der Waals surface area contributed by atoms with Crippen molar-refractivity contribution in [1.29, 1.82) is 0 Å². The molecular formula is C17H30O3. The van der Waals surface area contributed by atoms with E-state index in [1.807, 2.05) is 20.8 Å². The summed E-state index contributed by atoms with van der Waals surface area (Å²) in [4.78, 5) is 0. The summed E-state index contributed by atoms with van der Waals surface area (Å²) in [7, 11) is 0. The molecule has 1 rings (SSSR count). The van der Waals surface area contributed by atoms with Gasteiger partial charge in [-0.05, 0) is 40.0 Å². The van der Waals surface area contributed by atoms with Crippen LogP contribution in [0.1, 0.15) is 47.0 Å². The normalized spacial score (nSPS) is 21.8. The zero-order valence-corrected chi connectivity index (χ0v) is 13.5. The Hall–Kier alpha value is -0.640. The van der Waals surface area contributed by atoms with E-state index in [4.69, 9.17) is 14.2 Å². The second-order valence-corrected chi connectivity index (χ2v) is 5.96. The van der Waals surface area contributed by atoms with E-state index < -0.39 is 5.79 Å². The molecule has 0 aromatic rings. The van der Waals surface area contributed by atoms with Crippen LogP contribution in [-0.2, 0) is 14.2 Å². The monoisotopic (exact) mass is 282 g/mol. The number of rotatable bonds is 8.